The summed E-state index contributed by atoms with van der Waals surface area (Å²) in [6, 6.07) is 4.58. The van der Waals surface area contributed by atoms with Crippen LogP contribution < -0.4 is 10.6 Å². The van der Waals surface area contributed by atoms with E-state index >= 15 is 0 Å². The first-order chi connectivity index (χ1) is 14.7. The van der Waals surface area contributed by atoms with Crippen LogP contribution in [0.5, 0.6) is 0 Å². The van der Waals surface area contributed by atoms with Crippen LogP contribution in [0.3, 0.4) is 0 Å². The molecule has 164 valence electrons. The van der Waals surface area contributed by atoms with E-state index < -0.39 is 24.0 Å². The Labute approximate surface area is 178 Å². The standard InChI is InChI=1S/C21H23FN4O5/c1-5-30-20(28)18-11(2)23-21(29)24-16(18)10-31-19(27)17-12(3)25-26(13(17)4)15-8-6-14(22)7-9-15/h6-9,11H,5,10H2,1-4H3,(H2,23,24,29). The minimum absolute atomic E-state index is 0.157. The normalized spacial score (nSPS) is 15.9. The first-order valence-electron chi connectivity index (χ1n) is 9.69. The fourth-order valence-corrected chi connectivity index (χ4v) is 3.37. The fraction of sp³-hybridized carbons (Fsp3) is 0.333. The highest BCUT2D eigenvalue weighted by Crippen LogP contribution is 2.20. The fourth-order valence-electron chi connectivity index (χ4n) is 3.37. The van der Waals surface area contributed by atoms with Crippen molar-refractivity contribution in [3.63, 3.8) is 0 Å². The van der Waals surface area contributed by atoms with Crippen LogP contribution in [0.2, 0.25) is 0 Å². The van der Waals surface area contributed by atoms with Gasteiger partial charge < -0.3 is 20.1 Å². The molecule has 1 aromatic heterocycles. The monoisotopic (exact) mass is 430 g/mol. The number of aryl methyl sites for hydroxylation is 1. The number of nitrogens with zero attached hydrogens (tertiary/aromatic N) is 2. The summed E-state index contributed by atoms with van der Waals surface area (Å²) in [6.45, 7) is 6.48. The molecule has 2 N–H and O–H groups in total. The predicted octanol–water partition coefficient (Wildman–Crippen LogP) is 2.30. The van der Waals surface area contributed by atoms with Crippen molar-refractivity contribution in [2.45, 2.75) is 33.7 Å². The van der Waals surface area contributed by atoms with Gasteiger partial charge in [-0.15, -0.1) is 0 Å². The van der Waals surface area contributed by atoms with Crippen molar-refractivity contribution in [1.29, 1.82) is 0 Å². The molecular formula is C21H23FN4O5. The van der Waals surface area contributed by atoms with E-state index in [4.69, 9.17) is 9.47 Å². The van der Waals surface area contributed by atoms with Crippen LogP contribution in [-0.4, -0.2) is 47.0 Å². The number of carbonyl (C=O) groups is 3. The highest BCUT2D eigenvalue weighted by atomic mass is 19.1. The lowest BCUT2D eigenvalue weighted by atomic mass is 10.0. The van der Waals surface area contributed by atoms with Gasteiger partial charge in [0.1, 0.15) is 18.0 Å². The van der Waals surface area contributed by atoms with E-state index in [0.29, 0.717) is 17.1 Å². The Kier molecular flexibility index (Phi) is 6.38. The molecule has 31 heavy (non-hydrogen) atoms. The zero-order valence-electron chi connectivity index (χ0n) is 17.6. The third-order valence-electron chi connectivity index (χ3n) is 4.78. The maximum Gasteiger partial charge on any atom is 0.342 e. The van der Waals surface area contributed by atoms with E-state index in [1.165, 1.54) is 16.8 Å². The SMILES string of the molecule is CCOC(=O)C1=C(COC(=O)c2c(C)nn(-c3ccc(F)cc3)c2C)NC(=O)NC1C. The molecule has 0 bridgehead atoms. The lowest BCUT2D eigenvalue weighted by Crippen LogP contribution is -2.50. The molecule has 2 amide bonds. The molecule has 0 saturated heterocycles. The Morgan fingerprint density at radius 3 is 2.48 bits per heavy atom. The average molecular weight is 430 g/mol. The van der Waals surface area contributed by atoms with E-state index in [-0.39, 0.29) is 35.9 Å². The van der Waals surface area contributed by atoms with Crippen LogP contribution in [-0.2, 0) is 14.3 Å². The largest absolute Gasteiger partial charge is 0.463 e. The van der Waals surface area contributed by atoms with Crippen LogP contribution in [0.25, 0.3) is 5.69 Å². The van der Waals surface area contributed by atoms with Gasteiger partial charge >= 0.3 is 18.0 Å². The summed E-state index contributed by atoms with van der Waals surface area (Å²) in [5.41, 5.74) is 2.11. The van der Waals surface area contributed by atoms with Crippen LogP contribution in [0, 0.1) is 19.7 Å². The van der Waals surface area contributed by atoms with Crippen molar-refractivity contribution in [1.82, 2.24) is 20.4 Å². The highest BCUT2D eigenvalue weighted by Gasteiger charge is 2.31. The molecule has 0 saturated carbocycles. The van der Waals surface area contributed by atoms with Gasteiger partial charge in [0, 0.05) is 0 Å². The second kappa shape index (κ2) is 8.99. The van der Waals surface area contributed by atoms with Crippen LogP contribution in [0.15, 0.2) is 35.5 Å². The molecule has 0 fully saturated rings. The van der Waals surface area contributed by atoms with Crippen molar-refractivity contribution in [3.05, 3.63) is 58.3 Å². The molecule has 0 radical (unpaired) electrons. The molecular weight excluding hydrogens is 407 g/mol. The maximum absolute atomic E-state index is 13.2. The molecule has 1 aromatic carbocycles. The zero-order chi connectivity index (χ0) is 22.7. The van der Waals surface area contributed by atoms with E-state index in [2.05, 4.69) is 15.7 Å². The van der Waals surface area contributed by atoms with E-state index in [1.54, 1.807) is 39.8 Å². The first-order valence-corrected chi connectivity index (χ1v) is 9.69. The summed E-state index contributed by atoms with van der Waals surface area (Å²) in [6.07, 6.45) is 0. The Morgan fingerprint density at radius 1 is 1.16 bits per heavy atom. The number of rotatable bonds is 6. The number of nitrogens with one attached hydrogen (secondary N) is 2. The maximum atomic E-state index is 13.2. The quantitative estimate of drug-likeness (QED) is 0.681. The van der Waals surface area contributed by atoms with Crippen molar-refractivity contribution in [2.75, 3.05) is 13.2 Å². The summed E-state index contributed by atoms with van der Waals surface area (Å²) in [4.78, 5) is 36.9. The smallest absolute Gasteiger partial charge is 0.342 e. The van der Waals surface area contributed by atoms with Crippen molar-refractivity contribution < 1.29 is 28.2 Å². The summed E-state index contributed by atoms with van der Waals surface area (Å²) in [5.74, 6) is -1.65. The number of carbonyl (C=O) groups excluding carboxylic acids is 3. The number of hydrogen-bond acceptors (Lipinski definition) is 6. The molecule has 1 atom stereocenters. The number of ether oxygens (including phenoxy) is 2. The summed E-state index contributed by atoms with van der Waals surface area (Å²) >= 11 is 0. The average Bonchev–Trinajstić information content (AvgIpc) is 3.00. The number of aromatic nitrogens is 2. The molecule has 1 unspecified atom stereocenters. The molecule has 1 aliphatic rings. The molecule has 2 heterocycles. The van der Waals surface area contributed by atoms with Crippen molar-refractivity contribution >= 4 is 18.0 Å². The van der Waals surface area contributed by atoms with Crippen molar-refractivity contribution in [2.24, 2.45) is 0 Å². The van der Waals surface area contributed by atoms with E-state index in [9.17, 15) is 18.8 Å². The second-order valence-corrected chi connectivity index (χ2v) is 6.94. The molecule has 2 aromatic rings. The van der Waals surface area contributed by atoms with Gasteiger partial charge in [-0.2, -0.15) is 5.10 Å². The van der Waals surface area contributed by atoms with Gasteiger partial charge in [0.15, 0.2) is 0 Å². The number of esters is 2. The molecule has 10 heteroatoms. The number of urea groups is 1. The lowest BCUT2D eigenvalue weighted by Gasteiger charge is -2.26. The molecule has 3 rings (SSSR count). The van der Waals surface area contributed by atoms with Gasteiger partial charge in [-0.25, -0.2) is 23.5 Å². The van der Waals surface area contributed by atoms with E-state index in [1.807, 2.05) is 0 Å². The Bertz CT molecular complexity index is 1060. The van der Waals surface area contributed by atoms with Gasteiger partial charge in [0.2, 0.25) is 0 Å². The van der Waals surface area contributed by atoms with Gasteiger partial charge in [-0.05, 0) is 52.0 Å². The topological polar surface area (TPSA) is 112 Å². The Morgan fingerprint density at radius 2 is 1.84 bits per heavy atom. The molecule has 1 aliphatic heterocycles. The highest BCUT2D eigenvalue weighted by molar-refractivity contribution is 5.95. The minimum atomic E-state index is -0.667. The summed E-state index contributed by atoms with van der Waals surface area (Å²) in [7, 11) is 0. The summed E-state index contributed by atoms with van der Waals surface area (Å²) in [5, 5.41) is 9.42. The number of amides is 2. The first kappa shape index (κ1) is 22.0. The number of halogens is 1. The van der Waals surface area contributed by atoms with Crippen LogP contribution >= 0.6 is 0 Å². The van der Waals surface area contributed by atoms with Gasteiger partial charge in [-0.3, -0.25) is 0 Å². The second-order valence-electron chi connectivity index (χ2n) is 6.94. The van der Waals surface area contributed by atoms with E-state index in [0.717, 1.165) is 0 Å². The van der Waals surface area contributed by atoms with Crippen molar-refractivity contribution in [3.8, 4) is 5.69 Å². The molecule has 0 spiro atoms. The van der Waals surface area contributed by atoms with Crippen LogP contribution in [0.1, 0.15) is 35.6 Å². The van der Waals surface area contributed by atoms with Gasteiger partial charge in [0.25, 0.3) is 0 Å². The number of benzene rings is 1. The number of hydrogen-bond donors (Lipinski definition) is 2. The zero-order valence-corrected chi connectivity index (χ0v) is 17.6. The third kappa shape index (κ3) is 4.57. The summed E-state index contributed by atoms with van der Waals surface area (Å²) < 4.78 is 25.2. The Hall–Kier alpha value is -3.69. The van der Waals surface area contributed by atoms with Gasteiger partial charge in [0.05, 0.1) is 41.0 Å². The molecule has 9 nitrogen and oxygen atoms in total. The third-order valence-corrected chi connectivity index (χ3v) is 4.78. The lowest BCUT2D eigenvalue weighted by molar-refractivity contribution is -0.139. The van der Waals surface area contributed by atoms with Gasteiger partial charge in [-0.1, -0.05) is 0 Å². The predicted molar refractivity (Wildman–Crippen MR) is 108 cm³/mol. The minimum Gasteiger partial charge on any atom is -0.463 e. The molecule has 0 aliphatic carbocycles. The Balaban J connectivity index is 1.84. The van der Waals surface area contributed by atoms with Crippen LogP contribution in [0.4, 0.5) is 9.18 Å².